The number of thiocyanates is 1. The van der Waals surface area contributed by atoms with Crippen LogP contribution in [0.4, 0.5) is 74.6 Å². The molecule has 0 unspecified atom stereocenters. The lowest BCUT2D eigenvalue weighted by atomic mass is 9.88. The van der Waals surface area contributed by atoms with Gasteiger partial charge in [-0.3, -0.25) is 0 Å². The Bertz CT molecular complexity index is 658. The summed E-state index contributed by atoms with van der Waals surface area (Å²) in [5, 5.41) is 8.89. The van der Waals surface area contributed by atoms with E-state index < -0.39 is 59.8 Å². The Balaban J connectivity index is 6.52. The molecule has 0 fully saturated rings. The minimum absolute atomic E-state index is 0.347. The summed E-state index contributed by atoms with van der Waals surface area (Å²) in [5.74, 6) is -57.8. The number of hydrogen-bond acceptors (Lipinski definition) is 2. The van der Waals surface area contributed by atoms with E-state index >= 15 is 0 Å². The quantitative estimate of drug-likeness (QED) is 0.200. The van der Waals surface area contributed by atoms with Crippen LogP contribution in [-0.4, -0.2) is 53.4 Å². The van der Waals surface area contributed by atoms with Crippen molar-refractivity contribution in [2.45, 2.75) is 54.1 Å². The number of nitriles is 1. The average Bonchev–Trinajstić information content (AvgIpc) is 2.52. The first-order valence-electron chi connectivity index (χ1n) is 6.53. The first kappa shape index (κ1) is 28.6. The van der Waals surface area contributed by atoms with Crippen LogP contribution in [0.1, 0.15) is 6.42 Å². The summed E-state index contributed by atoms with van der Waals surface area (Å²) in [5.41, 5.74) is 0. The molecule has 0 amide bonds. The lowest BCUT2D eigenvalue weighted by Gasteiger charge is -2.42. The third-order valence-electron chi connectivity index (χ3n) is 3.37. The molecule has 0 bridgehead atoms. The molecule has 0 aromatic carbocycles. The molecule has 0 N–H and O–H groups in total. The van der Waals surface area contributed by atoms with Gasteiger partial charge in [0.1, 0.15) is 5.40 Å². The Morgan fingerprint density at radius 3 is 1.10 bits per heavy atom. The first-order chi connectivity index (χ1) is 12.8. The molecular weight excluding hydrogens is 501 g/mol. The van der Waals surface area contributed by atoms with Crippen molar-refractivity contribution >= 4 is 11.8 Å². The highest BCUT2D eigenvalue weighted by Crippen LogP contribution is 2.64. The summed E-state index contributed by atoms with van der Waals surface area (Å²) < 4.78 is 219. The Morgan fingerprint density at radius 1 is 0.500 bits per heavy atom. The van der Waals surface area contributed by atoms with Crippen molar-refractivity contribution in [1.29, 1.82) is 5.26 Å². The minimum Gasteiger partial charge on any atom is -0.200 e. The van der Waals surface area contributed by atoms with Gasteiger partial charge in [-0.05, 0) is 11.8 Å². The zero-order valence-electron chi connectivity index (χ0n) is 13.2. The summed E-state index contributed by atoms with van der Waals surface area (Å²) in [7, 11) is 0. The summed E-state index contributed by atoms with van der Waals surface area (Å²) in [6.07, 6.45) is -10.4. The summed E-state index contributed by atoms with van der Waals surface area (Å²) in [6.45, 7) is 0. The van der Waals surface area contributed by atoms with Crippen LogP contribution in [0, 0.1) is 10.7 Å². The molecule has 19 heteroatoms. The third kappa shape index (κ3) is 3.83. The largest absolute Gasteiger partial charge is 0.460 e. The molecule has 178 valence electrons. The number of thioether (sulfide) groups is 1. The van der Waals surface area contributed by atoms with Gasteiger partial charge in [0.25, 0.3) is 0 Å². The first-order valence-corrected chi connectivity index (χ1v) is 7.52. The molecule has 0 aliphatic carbocycles. The highest BCUT2D eigenvalue weighted by atomic mass is 32.2. The van der Waals surface area contributed by atoms with Crippen molar-refractivity contribution in [3.05, 3.63) is 0 Å². The van der Waals surface area contributed by atoms with Crippen LogP contribution in [-0.2, 0) is 0 Å². The van der Waals surface area contributed by atoms with Gasteiger partial charge in [0.2, 0.25) is 0 Å². The van der Waals surface area contributed by atoms with E-state index in [1.54, 1.807) is 0 Å². The fourth-order valence-corrected chi connectivity index (χ4v) is 2.03. The minimum atomic E-state index is -8.62. The van der Waals surface area contributed by atoms with E-state index in [0.29, 0.717) is 0 Å². The van der Waals surface area contributed by atoms with Crippen LogP contribution < -0.4 is 0 Å². The van der Waals surface area contributed by atoms with Crippen molar-refractivity contribution in [2.24, 2.45) is 0 Å². The van der Waals surface area contributed by atoms with Crippen LogP contribution in [0.25, 0.3) is 0 Å². The number of rotatable bonds is 9. The molecule has 0 atom stereocenters. The number of halogens is 17. The Hall–Kier alpha value is -1.35. The van der Waals surface area contributed by atoms with E-state index in [1.165, 1.54) is 0 Å². The Kier molecular flexibility index (Phi) is 7.31. The maximum Gasteiger partial charge on any atom is 0.460 e. The maximum absolute atomic E-state index is 13.3. The fraction of sp³-hybridized carbons (Fsp3) is 0.909. The van der Waals surface area contributed by atoms with Gasteiger partial charge in [0, 0.05) is 12.2 Å². The van der Waals surface area contributed by atoms with E-state index in [1.807, 2.05) is 0 Å². The van der Waals surface area contributed by atoms with Gasteiger partial charge >= 0.3 is 47.6 Å². The molecule has 0 aliphatic heterocycles. The highest BCUT2D eigenvalue weighted by molar-refractivity contribution is 8.03. The zero-order valence-corrected chi connectivity index (χ0v) is 14.0. The molecule has 0 heterocycles. The lowest BCUT2D eigenvalue weighted by Crippen LogP contribution is -2.74. The third-order valence-corrected chi connectivity index (χ3v) is 3.91. The second-order valence-corrected chi connectivity index (χ2v) is 6.22. The maximum atomic E-state index is 13.3. The molecule has 0 aromatic heterocycles. The predicted octanol–water partition coefficient (Wildman–Crippen LogP) is 6.60. The van der Waals surface area contributed by atoms with E-state index in [4.69, 9.17) is 5.26 Å². The van der Waals surface area contributed by atoms with Crippen LogP contribution in [0.2, 0.25) is 0 Å². The Morgan fingerprint density at radius 2 is 0.800 bits per heavy atom. The molecule has 0 saturated carbocycles. The number of alkyl halides is 17. The predicted molar refractivity (Wildman–Crippen MR) is 63.4 cm³/mol. The van der Waals surface area contributed by atoms with Crippen LogP contribution >= 0.6 is 11.8 Å². The van der Waals surface area contributed by atoms with Gasteiger partial charge in [0.15, 0.2) is 0 Å². The van der Waals surface area contributed by atoms with Crippen molar-refractivity contribution in [3.8, 4) is 5.40 Å². The molecule has 1 nitrogen and oxygen atoms in total. The van der Waals surface area contributed by atoms with Crippen molar-refractivity contribution < 1.29 is 74.6 Å². The monoisotopic (exact) mass is 505 g/mol. The van der Waals surface area contributed by atoms with Crippen LogP contribution in [0.15, 0.2) is 0 Å². The fourth-order valence-electron chi connectivity index (χ4n) is 1.58. The second kappa shape index (κ2) is 7.65. The number of hydrogen-bond donors (Lipinski definition) is 0. The number of nitrogens with zero attached hydrogens (tertiary/aromatic N) is 1. The summed E-state index contributed by atoms with van der Waals surface area (Å²) >= 11 is -0.347. The molecule has 0 rings (SSSR count). The molecular formula is C11H4F17NS. The molecule has 0 radical (unpaired) electrons. The SMILES string of the molecule is N#CSCCC(F)(F)C(F)(F)C(F)(F)C(F)(F)C(F)(F)C(F)(F)C(F)(F)C(F)(F)F. The average molecular weight is 505 g/mol. The molecule has 0 saturated heterocycles. The van der Waals surface area contributed by atoms with Crippen molar-refractivity contribution in [1.82, 2.24) is 0 Å². The van der Waals surface area contributed by atoms with Gasteiger partial charge in [-0.15, -0.1) is 0 Å². The highest BCUT2D eigenvalue weighted by Gasteiger charge is 2.95. The summed E-state index contributed by atoms with van der Waals surface area (Å²) in [6, 6.07) is 0. The van der Waals surface area contributed by atoms with E-state index in [0.717, 1.165) is 5.40 Å². The van der Waals surface area contributed by atoms with E-state index in [2.05, 4.69) is 0 Å². The molecule has 0 aromatic rings. The van der Waals surface area contributed by atoms with E-state index in [9.17, 15) is 74.6 Å². The topological polar surface area (TPSA) is 23.8 Å². The van der Waals surface area contributed by atoms with E-state index in [-0.39, 0.29) is 11.8 Å². The molecule has 0 spiro atoms. The summed E-state index contributed by atoms with van der Waals surface area (Å²) in [4.78, 5) is 0. The van der Waals surface area contributed by atoms with Gasteiger partial charge in [0.05, 0.1) is 0 Å². The van der Waals surface area contributed by atoms with Gasteiger partial charge in [-0.2, -0.15) is 79.9 Å². The van der Waals surface area contributed by atoms with Gasteiger partial charge < -0.3 is 0 Å². The standard InChI is InChI=1S/C11H4F17NS/c12-4(13,1-2-30-3-29)5(14,15)6(16,17)7(18,19)8(20,21)9(22,23)10(24,25)11(26,27)28/h1-2H2. The van der Waals surface area contributed by atoms with Crippen LogP contribution in [0.5, 0.6) is 0 Å². The zero-order chi connectivity index (χ0) is 24.8. The van der Waals surface area contributed by atoms with Crippen molar-refractivity contribution in [2.75, 3.05) is 5.75 Å². The molecule has 0 aliphatic rings. The van der Waals surface area contributed by atoms with Crippen molar-refractivity contribution in [3.63, 3.8) is 0 Å². The lowest BCUT2D eigenvalue weighted by molar-refractivity contribution is -0.461. The second-order valence-electron chi connectivity index (χ2n) is 5.34. The molecule has 30 heavy (non-hydrogen) atoms. The smallest absolute Gasteiger partial charge is 0.200 e. The van der Waals surface area contributed by atoms with Gasteiger partial charge in [-0.1, -0.05) is 0 Å². The van der Waals surface area contributed by atoms with Crippen LogP contribution in [0.3, 0.4) is 0 Å². The Labute approximate surface area is 158 Å². The normalized spacial score (nSPS) is 15.9. The van der Waals surface area contributed by atoms with Gasteiger partial charge in [-0.25, -0.2) is 0 Å².